The van der Waals surface area contributed by atoms with E-state index in [2.05, 4.69) is 11.9 Å². The first-order chi connectivity index (χ1) is 14.0. The lowest BCUT2D eigenvalue weighted by Gasteiger charge is -2.32. The van der Waals surface area contributed by atoms with Crippen molar-refractivity contribution in [2.45, 2.75) is 26.3 Å². The van der Waals surface area contributed by atoms with Gasteiger partial charge in [-0.25, -0.2) is 0 Å². The van der Waals surface area contributed by atoms with E-state index >= 15 is 0 Å². The van der Waals surface area contributed by atoms with Gasteiger partial charge in [-0.15, -0.1) is 0 Å². The van der Waals surface area contributed by atoms with Crippen LogP contribution in [-0.4, -0.2) is 39.7 Å². The molecule has 29 heavy (non-hydrogen) atoms. The van der Waals surface area contributed by atoms with E-state index in [-0.39, 0.29) is 18.4 Å². The van der Waals surface area contributed by atoms with Crippen molar-refractivity contribution < 1.29 is 9.59 Å². The standard InChI is InChI=1S/C22H21Cl2N3O2/c1-14-6-10-26(11-7-14)20-19(17-3-2-16(23)12-18(17)24)21(28)27(22(20)29)13-15-4-8-25-9-5-15/h2-5,8-9,12,14H,6-7,10-11,13H2,1H3. The van der Waals surface area contributed by atoms with E-state index in [9.17, 15) is 9.59 Å². The molecule has 2 aliphatic rings. The Balaban J connectivity index is 1.76. The molecule has 0 bridgehead atoms. The van der Waals surface area contributed by atoms with Crippen molar-refractivity contribution in [3.63, 3.8) is 0 Å². The molecule has 1 fully saturated rings. The number of piperidine rings is 1. The van der Waals surface area contributed by atoms with E-state index in [0.717, 1.165) is 31.5 Å². The number of carbonyl (C=O) groups excluding carboxylic acids is 2. The zero-order valence-corrected chi connectivity index (χ0v) is 17.6. The van der Waals surface area contributed by atoms with Gasteiger partial charge in [0.1, 0.15) is 5.70 Å². The third-order valence-electron chi connectivity index (χ3n) is 5.53. The maximum absolute atomic E-state index is 13.4. The van der Waals surface area contributed by atoms with Crippen LogP contribution in [0, 0.1) is 5.92 Å². The van der Waals surface area contributed by atoms with Gasteiger partial charge in [0.25, 0.3) is 11.8 Å². The smallest absolute Gasteiger partial charge is 0.278 e. The molecule has 2 aliphatic heterocycles. The second-order valence-electron chi connectivity index (χ2n) is 7.57. The van der Waals surface area contributed by atoms with Crippen LogP contribution in [-0.2, 0) is 16.1 Å². The molecule has 0 N–H and O–H groups in total. The van der Waals surface area contributed by atoms with Crippen LogP contribution in [0.4, 0.5) is 0 Å². The molecule has 7 heteroatoms. The number of hydrogen-bond donors (Lipinski definition) is 0. The van der Waals surface area contributed by atoms with E-state index < -0.39 is 0 Å². The SMILES string of the molecule is CC1CCN(C2=C(c3ccc(Cl)cc3Cl)C(=O)N(Cc3ccncc3)C2=O)CC1. The molecule has 2 amide bonds. The zero-order chi connectivity index (χ0) is 20.5. The zero-order valence-electron chi connectivity index (χ0n) is 16.1. The highest BCUT2D eigenvalue weighted by Gasteiger charge is 2.42. The summed E-state index contributed by atoms with van der Waals surface area (Å²) in [5, 5.41) is 0.848. The summed E-state index contributed by atoms with van der Waals surface area (Å²) in [4.78, 5) is 34.1. The van der Waals surface area contributed by atoms with Crippen LogP contribution in [0.2, 0.25) is 10.0 Å². The Kier molecular flexibility index (Phi) is 5.61. The molecule has 3 heterocycles. The first-order valence-corrected chi connectivity index (χ1v) is 10.4. The number of amides is 2. The average Bonchev–Trinajstić information content (AvgIpc) is 2.94. The number of benzene rings is 1. The maximum Gasteiger partial charge on any atom is 0.278 e. The van der Waals surface area contributed by atoms with Gasteiger partial charge >= 0.3 is 0 Å². The Morgan fingerprint density at radius 3 is 2.38 bits per heavy atom. The summed E-state index contributed by atoms with van der Waals surface area (Å²) in [6.45, 7) is 3.89. The van der Waals surface area contributed by atoms with Gasteiger partial charge in [0.05, 0.1) is 17.1 Å². The van der Waals surface area contributed by atoms with Crippen molar-refractivity contribution in [3.8, 4) is 0 Å². The maximum atomic E-state index is 13.4. The topological polar surface area (TPSA) is 53.5 Å². The van der Waals surface area contributed by atoms with Crippen LogP contribution in [0.3, 0.4) is 0 Å². The van der Waals surface area contributed by atoms with Crippen molar-refractivity contribution in [3.05, 3.63) is 69.6 Å². The highest BCUT2D eigenvalue weighted by atomic mass is 35.5. The van der Waals surface area contributed by atoms with Gasteiger partial charge in [-0.2, -0.15) is 0 Å². The third-order valence-corrected chi connectivity index (χ3v) is 6.08. The second-order valence-corrected chi connectivity index (χ2v) is 8.41. The number of rotatable bonds is 4. The fourth-order valence-electron chi connectivity index (χ4n) is 3.84. The van der Waals surface area contributed by atoms with Gasteiger partial charge in [-0.3, -0.25) is 19.5 Å². The van der Waals surface area contributed by atoms with Crippen molar-refractivity contribution in [1.29, 1.82) is 0 Å². The van der Waals surface area contributed by atoms with Crippen molar-refractivity contribution in [2.24, 2.45) is 5.92 Å². The summed E-state index contributed by atoms with van der Waals surface area (Å²) in [5.41, 5.74) is 2.19. The molecule has 0 spiro atoms. The van der Waals surface area contributed by atoms with Crippen LogP contribution in [0.1, 0.15) is 30.9 Å². The normalized spacial score (nSPS) is 18.2. The van der Waals surface area contributed by atoms with Gasteiger partial charge < -0.3 is 4.90 Å². The molecular formula is C22H21Cl2N3O2. The first kappa shape index (κ1) is 19.9. The lowest BCUT2D eigenvalue weighted by molar-refractivity contribution is -0.138. The van der Waals surface area contributed by atoms with Crippen LogP contribution in [0.25, 0.3) is 5.57 Å². The molecule has 0 atom stereocenters. The Labute approximate surface area is 179 Å². The van der Waals surface area contributed by atoms with Crippen molar-refractivity contribution in [2.75, 3.05) is 13.1 Å². The van der Waals surface area contributed by atoms with Gasteiger partial charge in [0.2, 0.25) is 0 Å². The minimum Gasteiger partial charge on any atom is -0.366 e. The summed E-state index contributed by atoms with van der Waals surface area (Å²) >= 11 is 12.5. The van der Waals surface area contributed by atoms with Crippen LogP contribution in [0.15, 0.2) is 48.4 Å². The highest BCUT2D eigenvalue weighted by Crippen LogP contribution is 2.38. The largest absolute Gasteiger partial charge is 0.366 e. The van der Waals surface area contributed by atoms with Gasteiger partial charge in [-0.1, -0.05) is 36.2 Å². The monoisotopic (exact) mass is 429 g/mol. The minimum atomic E-state index is -0.329. The molecule has 4 rings (SSSR count). The molecule has 1 saturated heterocycles. The minimum absolute atomic E-state index is 0.197. The number of pyridine rings is 1. The fraction of sp³-hybridized carbons (Fsp3) is 0.318. The third kappa shape index (κ3) is 3.89. The Hall–Kier alpha value is -2.37. The molecule has 5 nitrogen and oxygen atoms in total. The predicted octanol–water partition coefficient (Wildman–Crippen LogP) is 4.40. The molecule has 150 valence electrons. The lowest BCUT2D eigenvalue weighted by atomic mass is 9.97. The van der Waals surface area contributed by atoms with Gasteiger partial charge in [-0.05, 0) is 48.6 Å². The number of likely N-dealkylation sites (tertiary alicyclic amines) is 1. The van der Waals surface area contributed by atoms with E-state index in [0.29, 0.717) is 32.8 Å². The number of imide groups is 1. The number of nitrogens with zero attached hydrogens (tertiary/aromatic N) is 3. The van der Waals surface area contributed by atoms with E-state index in [1.54, 1.807) is 42.7 Å². The van der Waals surface area contributed by atoms with Crippen LogP contribution in [0.5, 0.6) is 0 Å². The highest BCUT2D eigenvalue weighted by molar-refractivity contribution is 6.41. The Morgan fingerprint density at radius 2 is 1.72 bits per heavy atom. The first-order valence-electron chi connectivity index (χ1n) is 9.65. The Bertz CT molecular complexity index is 983. The fourth-order valence-corrected chi connectivity index (χ4v) is 4.34. The summed E-state index contributed by atoms with van der Waals surface area (Å²) in [7, 11) is 0. The molecule has 2 aromatic rings. The molecule has 0 aliphatic carbocycles. The molecule has 1 aromatic heterocycles. The molecule has 1 aromatic carbocycles. The number of hydrogen-bond acceptors (Lipinski definition) is 4. The lowest BCUT2D eigenvalue weighted by Crippen LogP contribution is -2.38. The van der Waals surface area contributed by atoms with Crippen molar-refractivity contribution >= 4 is 40.6 Å². The van der Waals surface area contributed by atoms with E-state index in [1.165, 1.54) is 4.90 Å². The molecule has 0 saturated carbocycles. The number of aromatic nitrogens is 1. The molecular weight excluding hydrogens is 409 g/mol. The van der Waals surface area contributed by atoms with Crippen LogP contribution >= 0.6 is 23.2 Å². The summed E-state index contributed by atoms with van der Waals surface area (Å²) < 4.78 is 0. The van der Waals surface area contributed by atoms with E-state index in [4.69, 9.17) is 23.2 Å². The Morgan fingerprint density at radius 1 is 1.03 bits per heavy atom. The molecule has 0 radical (unpaired) electrons. The van der Waals surface area contributed by atoms with Crippen LogP contribution < -0.4 is 0 Å². The van der Waals surface area contributed by atoms with Gasteiger partial charge in [0.15, 0.2) is 0 Å². The summed E-state index contributed by atoms with van der Waals surface area (Å²) in [5.74, 6) is 0.00147. The van der Waals surface area contributed by atoms with Gasteiger partial charge in [0, 0.05) is 36.1 Å². The quantitative estimate of drug-likeness (QED) is 0.675. The second kappa shape index (κ2) is 8.17. The van der Waals surface area contributed by atoms with Crippen molar-refractivity contribution in [1.82, 2.24) is 14.8 Å². The predicted molar refractivity (Wildman–Crippen MR) is 113 cm³/mol. The number of halogens is 2. The number of carbonyl (C=O) groups is 2. The summed E-state index contributed by atoms with van der Waals surface area (Å²) in [6.07, 6.45) is 5.27. The van der Waals surface area contributed by atoms with E-state index in [1.807, 2.05) is 4.90 Å². The average molecular weight is 430 g/mol. The summed E-state index contributed by atoms with van der Waals surface area (Å²) in [6, 6.07) is 8.61. The molecule has 0 unspecified atom stereocenters.